The third kappa shape index (κ3) is 4.47. The van der Waals surface area contributed by atoms with Gasteiger partial charge >= 0.3 is 0 Å². The molecule has 0 bridgehead atoms. The highest BCUT2D eigenvalue weighted by molar-refractivity contribution is 7.80. The summed E-state index contributed by atoms with van der Waals surface area (Å²) in [6.45, 7) is 2.67. The van der Waals surface area contributed by atoms with E-state index in [0.29, 0.717) is 35.0 Å². The number of hydrogen-bond acceptors (Lipinski definition) is 6. The van der Waals surface area contributed by atoms with Gasteiger partial charge in [-0.15, -0.1) is 11.3 Å². The van der Waals surface area contributed by atoms with E-state index < -0.39 is 0 Å². The first-order valence-corrected chi connectivity index (χ1v) is 14.2. The van der Waals surface area contributed by atoms with Gasteiger partial charge in [0.05, 0.1) is 16.9 Å². The molecule has 1 spiro atoms. The summed E-state index contributed by atoms with van der Waals surface area (Å²) in [4.78, 5) is 27.4. The molecule has 0 saturated heterocycles. The molecule has 4 N–H and O–H groups in total. The number of carbonyl (C=O) groups is 2. The van der Waals surface area contributed by atoms with Crippen LogP contribution in [0, 0.1) is 24.2 Å². The maximum absolute atomic E-state index is 13.3. The van der Waals surface area contributed by atoms with Gasteiger partial charge in [-0.25, -0.2) is 0 Å². The number of carbonyl (C=O) groups excluding carboxylic acids is 2. The molecule has 2 atom stereocenters. The number of thiocarbonyl (C=S) groups is 1. The molecule has 0 aromatic carbocycles. The molecule has 7 nitrogen and oxygen atoms in total. The van der Waals surface area contributed by atoms with Crippen molar-refractivity contribution in [2.45, 2.75) is 64.3 Å². The van der Waals surface area contributed by atoms with Crippen LogP contribution in [-0.4, -0.2) is 33.9 Å². The van der Waals surface area contributed by atoms with Crippen molar-refractivity contribution in [1.82, 2.24) is 15.0 Å². The second-order valence-electron chi connectivity index (χ2n) is 10.3. The SMILES string of the molecule is Cc1nscc1NC(=S)NC1CCc2sc(NC(=O)C3CC34CC4)c(C(=O)NCC3CC3)c2C1. The predicted octanol–water partition coefficient (Wildman–Crippen LogP) is 4.24. The quantitative estimate of drug-likeness (QED) is 0.412. The Bertz CT molecular complexity index is 1160. The second-order valence-corrected chi connectivity index (χ2v) is 12.5. The predicted molar refractivity (Wildman–Crippen MR) is 140 cm³/mol. The summed E-state index contributed by atoms with van der Waals surface area (Å²) in [5.41, 5.74) is 3.88. The summed E-state index contributed by atoms with van der Waals surface area (Å²) in [5, 5.41) is 16.2. The van der Waals surface area contributed by atoms with E-state index in [0.717, 1.165) is 41.2 Å². The van der Waals surface area contributed by atoms with Gasteiger partial charge in [-0.05, 0) is 98.9 Å². The molecule has 10 heteroatoms. The average Bonchev–Trinajstić information content (AvgIpc) is 3.75. The molecule has 2 aromatic rings. The molecule has 0 aliphatic heterocycles. The summed E-state index contributed by atoms with van der Waals surface area (Å²) in [6.07, 6.45) is 8.22. The average molecular weight is 516 g/mol. The largest absolute Gasteiger partial charge is 0.359 e. The van der Waals surface area contributed by atoms with Crippen LogP contribution >= 0.6 is 35.1 Å². The Kier molecular flexibility index (Phi) is 5.65. The van der Waals surface area contributed by atoms with Crippen LogP contribution in [-0.2, 0) is 17.6 Å². The fourth-order valence-corrected chi connectivity index (χ4v) is 7.23. The number of thiophene rings is 1. The van der Waals surface area contributed by atoms with Gasteiger partial charge in [0.2, 0.25) is 5.91 Å². The van der Waals surface area contributed by atoms with E-state index in [-0.39, 0.29) is 23.8 Å². The first-order chi connectivity index (χ1) is 16.4. The number of rotatable bonds is 7. The summed E-state index contributed by atoms with van der Waals surface area (Å²) >= 11 is 8.54. The molecule has 0 radical (unpaired) electrons. The van der Waals surface area contributed by atoms with Crippen molar-refractivity contribution in [2.75, 3.05) is 17.2 Å². The van der Waals surface area contributed by atoms with Crippen molar-refractivity contribution in [3.8, 4) is 0 Å². The van der Waals surface area contributed by atoms with Crippen molar-refractivity contribution in [3.05, 3.63) is 27.1 Å². The molecule has 2 amide bonds. The topological polar surface area (TPSA) is 95.2 Å². The highest BCUT2D eigenvalue weighted by atomic mass is 32.1. The Hall–Kier alpha value is -2.04. The molecule has 2 heterocycles. The second kappa shape index (κ2) is 8.57. The number of fused-ring (bicyclic) bond motifs is 1. The third-order valence-electron chi connectivity index (χ3n) is 7.70. The van der Waals surface area contributed by atoms with Gasteiger partial charge in [0, 0.05) is 28.8 Å². The van der Waals surface area contributed by atoms with Crippen LogP contribution in [0.4, 0.5) is 10.7 Å². The van der Waals surface area contributed by atoms with Crippen LogP contribution in [0.15, 0.2) is 5.38 Å². The number of aryl methyl sites for hydroxylation is 2. The minimum absolute atomic E-state index is 0.0574. The fraction of sp³-hybridized carbons (Fsp3) is 0.583. The third-order valence-corrected chi connectivity index (χ3v) is 9.85. The first-order valence-electron chi connectivity index (χ1n) is 12.1. The van der Waals surface area contributed by atoms with Crippen molar-refractivity contribution in [1.29, 1.82) is 0 Å². The lowest BCUT2D eigenvalue weighted by molar-refractivity contribution is -0.117. The Balaban J connectivity index is 1.18. The van der Waals surface area contributed by atoms with Crippen LogP contribution in [0.25, 0.3) is 0 Å². The maximum atomic E-state index is 13.3. The van der Waals surface area contributed by atoms with E-state index in [9.17, 15) is 9.59 Å². The maximum Gasteiger partial charge on any atom is 0.254 e. The van der Waals surface area contributed by atoms with Crippen molar-refractivity contribution in [3.63, 3.8) is 0 Å². The van der Waals surface area contributed by atoms with Gasteiger partial charge in [-0.3, -0.25) is 9.59 Å². The summed E-state index contributed by atoms with van der Waals surface area (Å²) in [5.74, 6) is 0.762. The van der Waals surface area contributed by atoms with E-state index in [1.54, 1.807) is 11.3 Å². The normalized spacial score (nSPS) is 23.7. The lowest BCUT2D eigenvalue weighted by atomic mass is 9.91. The van der Waals surface area contributed by atoms with Gasteiger partial charge in [-0.2, -0.15) is 4.37 Å². The minimum atomic E-state index is -0.0574. The molecular weight excluding hydrogens is 486 g/mol. The summed E-state index contributed by atoms with van der Waals surface area (Å²) in [6, 6.07) is 0.130. The monoisotopic (exact) mass is 515 g/mol. The van der Waals surface area contributed by atoms with Gasteiger partial charge in [0.1, 0.15) is 5.00 Å². The van der Waals surface area contributed by atoms with Crippen LogP contribution in [0.1, 0.15) is 65.0 Å². The molecule has 3 saturated carbocycles. The fourth-order valence-electron chi connectivity index (χ4n) is 5.07. The van der Waals surface area contributed by atoms with Gasteiger partial charge in [-0.1, -0.05) is 0 Å². The molecule has 6 rings (SSSR count). The Morgan fingerprint density at radius 2 is 2.06 bits per heavy atom. The zero-order valence-corrected chi connectivity index (χ0v) is 21.6. The number of nitrogens with zero attached hydrogens (tertiary/aromatic N) is 1. The zero-order chi connectivity index (χ0) is 23.4. The lowest BCUT2D eigenvalue weighted by Crippen LogP contribution is -2.41. The van der Waals surface area contributed by atoms with Crippen LogP contribution in [0.2, 0.25) is 0 Å². The molecular formula is C24H29N5O2S3. The highest BCUT2D eigenvalue weighted by Crippen LogP contribution is 2.70. The molecule has 2 aromatic heterocycles. The number of amides is 2. The molecule has 3 fully saturated rings. The first kappa shape index (κ1) is 22.4. The summed E-state index contributed by atoms with van der Waals surface area (Å²) < 4.78 is 4.28. The van der Waals surface area contributed by atoms with Gasteiger partial charge in [0.15, 0.2) is 5.11 Å². The van der Waals surface area contributed by atoms with E-state index in [2.05, 4.69) is 25.6 Å². The molecule has 4 aliphatic rings. The van der Waals surface area contributed by atoms with E-state index in [1.165, 1.54) is 42.1 Å². The van der Waals surface area contributed by atoms with Crippen LogP contribution in [0.5, 0.6) is 0 Å². The Morgan fingerprint density at radius 3 is 2.74 bits per heavy atom. The van der Waals surface area contributed by atoms with Gasteiger partial charge in [0.25, 0.3) is 5.91 Å². The summed E-state index contributed by atoms with van der Waals surface area (Å²) in [7, 11) is 0. The number of anilines is 2. The van der Waals surface area contributed by atoms with Crippen LogP contribution < -0.4 is 21.3 Å². The zero-order valence-electron chi connectivity index (χ0n) is 19.2. The van der Waals surface area contributed by atoms with E-state index >= 15 is 0 Å². The Morgan fingerprint density at radius 1 is 1.24 bits per heavy atom. The van der Waals surface area contributed by atoms with E-state index in [4.69, 9.17) is 12.2 Å². The highest BCUT2D eigenvalue weighted by Gasteiger charge is 2.65. The minimum Gasteiger partial charge on any atom is -0.359 e. The standard InChI is InChI=1S/C24H29N5O2S3/c1-12-17(11-33-29-12)27-23(32)26-14-4-5-18-15(8-14)19(21(31)25-10-13-2-3-13)22(34-18)28-20(30)16-9-24(16)6-7-24/h11,13-14,16H,2-10H2,1H3,(H,25,31)(H,28,30)(H2,26,27,32). The van der Waals surface area contributed by atoms with E-state index in [1.807, 2.05) is 12.3 Å². The van der Waals surface area contributed by atoms with Crippen molar-refractivity contribution >= 4 is 62.7 Å². The number of hydrogen-bond donors (Lipinski definition) is 4. The molecule has 34 heavy (non-hydrogen) atoms. The molecule has 2 unspecified atom stereocenters. The molecule has 4 aliphatic carbocycles. The van der Waals surface area contributed by atoms with Crippen LogP contribution in [0.3, 0.4) is 0 Å². The van der Waals surface area contributed by atoms with Gasteiger partial charge < -0.3 is 21.3 Å². The number of nitrogens with one attached hydrogen (secondary N) is 4. The smallest absolute Gasteiger partial charge is 0.254 e. The van der Waals surface area contributed by atoms with Crippen molar-refractivity contribution in [2.24, 2.45) is 17.3 Å². The lowest BCUT2D eigenvalue weighted by Gasteiger charge is -2.25. The molecule has 180 valence electrons. The number of aromatic nitrogens is 1. The van der Waals surface area contributed by atoms with Crippen molar-refractivity contribution < 1.29 is 9.59 Å². The Labute approximate surface area is 212 Å².